The van der Waals surface area contributed by atoms with E-state index in [9.17, 15) is 9.59 Å². The summed E-state index contributed by atoms with van der Waals surface area (Å²) in [6, 6.07) is 24.0. The monoisotopic (exact) mass is 477 g/mol. The highest BCUT2D eigenvalue weighted by Crippen LogP contribution is 2.23. The first-order valence-corrected chi connectivity index (χ1v) is 11.6. The quantitative estimate of drug-likeness (QED) is 0.536. The highest BCUT2D eigenvalue weighted by molar-refractivity contribution is 6.30. The van der Waals surface area contributed by atoms with Gasteiger partial charge in [0.2, 0.25) is 0 Å². The molecule has 0 spiro atoms. The minimum atomic E-state index is -1.02. The van der Waals surface area contributed by atoms with Gasteiger partial charge in [0.25, 0.3) is 11.8 Å². The van der Waals surface area contributed by atoms with Crippen molar-refractivity contribution < 1.29 is 14.3 Å². The second kappa shape index (κ2) is 10.2. The molecule has 0 bridgehead atoms. The van der Waals surface area contributed by atoms with E-state index in [1.807, 2.05) is 59.5 Å². The Bertz CT molecular complexity index is 1120. The molecule has 0 aromatic heterocycles. The summed E-state index contributed by atoms with van der Waals surface area (Å²) in [5.74, 6) is 0.444. The van der Waals surface area contributed by atoms with E-state index in [-0.39, 0.29) is 11.8 Å². The molecule has 2 amide bonds. The van der Waals surface area contributed by atoms with E-state index >= 15 is 0 Å². The van der Waals surface area contributed by atoms with Crippen molar-refractivity contribution in [3.63, 3.8) is 0 Å². The van der Waals surface area contributed by atoms with Crippen molar-refractivity contribution in [2.75, 3.05) is 36.4 Å². The van der Waals surface area contributed by atoms with Crippen LogP contribution in [0.3, 0.4) is 0 Å². The summed E-state index contributed by atoms with van der Waals surface area (Å²) >= 11 is 5.92. The Kier molecular flexibility index (Phi) is 7.08. The van der Waals surface area contributed by atoms with Crippen LogP contribution in [0.5, 0.6) is 5.75 Å². The normalized spacial score (nSPS) is 14.0. The molecule has 0 atom stereocenters. The molecular formula is C27H28ClN3O3. The van der Waals surface area contributed by atoms with Crippen molar-refractivity contribution >= 4 is 34.8 Å². The van der Waals surface area contributed by atoms with Crippen LogP contribution in [0.15, 0.2) is 78.9 Å². The summed E-state index contributed by atoms with van der Waals surface area (Å²) < 4.78 is 5.86. The number of benzene rings is 3. The highest BCUT2D eigenvalue weighted by Gasteiger charge is 2.30. The first kappa shape index (κ1) is 23.6. The third-order valence-electron chi connectivity index (χ3n) is 5.81. The molecule has 3 aromatic carbocycles. The number of amides is 2. The molecule has 6 nitrogen and oxygen atoms in total. The van der Waals surface area contributed by atoms with Crippen LogP contribution in [0.25, 0.3) is 0 Å². The summed E-state index contributed by atoms with van der Waals surface area (Å²) in [4.78, 5) is 29.6. The van der Waals surface area contributed by atoms with Crippen molar-refractivity contribution in [1.82, 2.24) is 4.90 Å². The summed E-state index contributed by atoms with van der Waals surface area (Å²) in [6.07, 6.45) is 0. The number of halogens is 1. The maximum atomic E-state index is 12.8. The fourth-order valence-corrected chi connectivity index (χ4v) is 3.94. The molecule has 1 heterocycles. The van der Waals surface area contributed by atoms with Crippen molar-refractivity contribution in [3.05, 3.63) is 89.4 Å². The molecule has 1 saturated heterocycles. The first-order chi connectivity index (χ1) is 16.3. The minimum absolute atomic E-state index is 0.0229. The third kappa shape index (κ3) is 5.69. The smallest absolute Gasteiger partial charge is 0.267 e. The van der Waals surface area contributed by atoms with E-state index in [4.69, 9.17) is 16.3 Å². The predicted octanol–water partition coefficient (Wildman–Crippen LogP) is 5.10. The molecule has 4 rings (SSSR count). The number of ether oxygens (including phenoxy) is 1. The second-order valence-electron chi connectivity index (χ2n) is 8.71. The lowest BCUT2D eigenvalue weighted by Crippen LogP contribution is -2.48. The van der Waals surface area contributed by atoms with Gasteiger partial charge >= 0.3 is 0 Å². The van der Waals surface area contributed by atoms with Gasteiger partial charge in [-0.15, -0.1) is 0 Å². The van der Waals surface area contributed by atoms with Crippen LogP contribution in [0.4, 0.5) is 11.4 Å². The molecule has 0 saturated carbocycles. The van der Waals surface area contributed by atoms with Gasteiger partial charge in [-0.05, 0) is 74.5 Å². The molecule has 0 aliphatic carbocycles. The van der Waals surface area contributed by atoms with Crippen LogP contribution < -0.4 is 15.0 Å². The number of hydrogen-bond acceptors (Lipinski definition) is 4. The van der Waals surface area contributed by atoms with Gasteiger partial charge in [-0.25, -0.2) is 0 Å². The summed E-state index contributed by atoms with van der Waals surface area (Å²) in [5.41, 5.74) is 1.39. The van der Waals surface area contributed by atoms with Gasteiger partial charge in [0.1, 0.15) is 5.75 Å². The van der Waals surface area contributed by atoms with E-state index in [1.165, 1.54) is 0 Å². The average molecular weight is 478 g/mol. The Morgan fingerprint density at radius 3 is 2.09 bits per heavy atom. The van der Waals surface area contributed by atoms with Crippen LogP contribution in [0.1, 0.15) is 24.2 Å². The molecule has 1 N–H and O–H groups in total. The molecule has 7 heteroatoms. The maximum absolute atomic E-state index is 12.8. The Balaban J connectivity index is 1.31. The lowest BCUT2D eigenvalue weighted by molar-refractivity contribution is -0.128. The molecule has 176 valence electrons. The van der Waals surface area contributed by atoms with Crippen LogP contribution in [0.2, 0.25) is 5.02 Å². The van der Waals surface area contributed by atoms with Gasteiger partial charge in [0.05, 0.1) is 0 Å². The van der Waals surface area contributed by atoms with Gasteiger partial charge in [0.15, 0.2) is 5.60 Å². The Labute approximate surface area is 205 Å². The summed E-state index contributed by atoms with van der Waals surface area (Å²) in [5, 5.41) is 3.55. The molecule has 0 radical (unpaired) electrons. The van der Waals surface area contributed by atoms with Crippen molar-refractivity contribution in [3.8, 4) is 5.75 Å². The number of rotatable bonds is 6. The summed E-state index contributed by atoms with van der Waals surface area (Å²) in [6.45, 7) is 6.25. The maximum Gasteiger partial charge on any atom is 0.267 e. The fourth-order valence-electron chi connectivity index (χ4n) is 3.81. The number of carbonyl (C=O) groups is 2. The number of para-hydroxylation sites is 1. The van der Waals surface area contributed by atoms with E-state index in [0.29, 0.717) is 35.1 Å². The van der Waals surface area contributed by atoms with E-state index in [1.54, 1.807) is 38.1 Å². The SMILES string of the molecule is CC(C)(Oc1ccccc1)C(=O)Nc1ccc(N2CCN(C(=O)c3ccc(Cl)cc3)CC2)cc1. The van der Waals surface area contributed by atoms with Crippen LogP contribution in [-0.4, -0.2) is 48.5 Å². The lowest BCUT2D eigenvalue weighted by Gasteiger charge is -2.36. The van der Waals surface area contributed by atoms with Gasteiger partial charge < -0.3 is 19.9 Å². The fraction of sp³-hybridized carbons (Fsp3) is 0.259. The summed E-state index contributed by atoms with van der Waals surface area (Å²) in [7, 11) is 0. The van der Waals surface area contributed by atoms with Crippen LogP contribution >= 0.6 is 11.6 Å². The number of nitrogens with one attached hydrogen (secondary N) is 1. The Morgan fingerprint density at radius 2 is 1.47 bits per heavy atom. The zero-order chi connectivity index (χ0) is 24.1. The van der Waals surface area contributed by atoms with Gasteiger partial charge in [-0.1, -0.05) is 29.8 Å². The number of carbonyl (C=O) groups excluding carboxylic acids is 2. The first-order valence-electron chi connectivity index (χ1n) is 11.3. The van der Waals surface area contributed by atoms with E-state index < -0.39 is 5.60 Å². The number of nitrogens with zero attached hydrogens (tertiary/aromatic N) is 2. The van der Waals surface area contributed by atoms with Gasteiger partial charge in [-0.3, -0.25) is 9.59 Å². The van der Waals surface area contributed by atoms with E-state index in [0.717, 1.165) is 18.8 Å². The molecule has 3 aromatic rings. The Morgan fingerprint density at radius 1 is 0.853 bits per heavy atom. The molecule has 34 heavy (non-hydrogen) atoms. The van der Waals surface area contributed by atoms with Crippen molar-refractivity contribution in [2.45, 2.75) is 19.4 Å². The third-order valence-corrected chi connectivity index (χ3v) is 6.06. The molecule has 1 aliphatic heterocycles. The predicted molar refractivity (Wildman–Crippen MR) is 136 cm³/mol. The van der Waals surface area contributed by atoms with Gasteiger partial charge in [-0.2, -0.15) is 0 Å². The minimum Gasteiger partial charge on any atom is -0.478 e. The Hall–Kier alpha value is -3.51. The van der Waals surface area contributed by atoms with E-state index in [2.05, 4.69) is 10.2 Å². The number of anilines is 2. The molecule has 1 fully saturated rings. The largest absolute Gasteiger partial charge is 0.478 e. The van der Waals surface area contributed by atoms with Crippen molar-refractivity contribution in [2.24, 2.45) is 0 Å². The molecule has 0 unspecified atom stereocenters. The topological polar surface area (TPSA) is 61.9 Å². The second-order valence-corrected chi connectivity index (χ2v) is 9.15. The zero-order valence-electron chi connectivity index (χ0n) is 19.3. The van der Waals surface area contributed by atoms with Crippen LogP contribution in [0, 0.1) is 0 Å². The number of hydrogen-bond donors (Lipinski definition) is 1. The molecule has 1 aliphatic rings. The highest BCUT2D eigenvalue weighted by atomic mass is 35.5. The average Bonchev–Trinajstić information content (AvgIpc) is 2.85. The van der Waals surface area contributed by atoms with Crippen molar-refractivity contribution in [1.29, 1.82) is 0 Å². The molecular weight excluding hydrogens is 450 g/mol. The van der Waals surface area contributed by atoms with Gasteiger partial charge in [0, 0.05) is 48.1 Å². The lowest BCUT2D eigenvalue weighted by atomic mass is 10.1. The number of piperazine rings is 1. The van der Waals surface area contributed by atoms with Crippen LogP contribution in [-0.2, 0) is 4.79 Å². The zero-order valence-corrected chi connectivity index (χ0v) is 20.1. The standard InChI is InChI=1S/C27H28ClN3O3/c1-27(2,34-24-6-4-3-5-7-24)26(33)29-22-12-14-23(15-13-22)30-16-18-31(19-17-30)25(32)20-8-10-21(28)11-9-20/h3-15H,16-19H2,1-2H3,(H,29,33).